The fourth-order valence-corrected chi connectivity index (χ4v) is 3.79. The zero-order valence-electron chi connectivity index (χ0n) is 19.7. The van der Waals surface area contributed by atoms with E-state index in [0.29, 0.717) is 31.3 Å². The third-order valence-corrected chi connectivity index (χ3v) is 5.39. The minimum absolute atomic E-state index is 0.369. The molecule has 3 aromatic carbocycles. The van der Waals surface area contributed by atoms with Crippen LogP contribution in [-0.2, 0) is 0 Å². The second-order valence-electron chi connectivity index (χ2n) is 7.81. The molecule has 0 saturated carbocycles. The maximum Gasteiger partial charge on any atom is 0.316 e. The number of anilines is 1. The van der Waals surface area contributed by atoms with Gasteiger partial charge in [-0.3, -0.25) is 0 Å². The molecule has 3 N–H and O–H groups in total. The molecule has 1 aromatic heterocycles. The molecule has 9 heteroatoms. The van der Waals surface area contributed by atoms with Crippen LogP contribution in [0.3, 0.4) is 0 Å². The molecule has 0 aliphatic heterocycles. The van der Waals surface area contributed by atoms with E-state index in [4.69, 9.17) is 4.74 Å². The molecule has 0 fully saturated rings. The van der Waals surface area contributed by atoms with Gasteiger partial charge in [0.1, 0.15) is 29.6 Å². The van der Waals surface area contributed by atoms with E-state index in [1.54, 1.807) is 11.0 Å². The Morgan fingerprint density at radius 2 is 1.97 bits per heavy atom. The van der Waals surface area contributed by atoms with Crippen molar-refractivity contribution in [2.24, 2.45) is 0 Å². The molecule has 0 aliphatic rings. The molecule has 2 amide bonds. The van der Waals surface area contributed by atoms with E-state index in [0.717, 1.165) is 27.7 Å². The first kappa shape index (κ1) is 23.6. The summed E-state index contributed by atoms with van der Waals surface area (Å²) in [5.41, 5.74) is 2.42. The number of ether oxygens (including phenoxy) is 1. The third kappa shape index (κ3) is 5.68. The maximum atomic E-state index is 12.4. The largest absolute Gasteiger partial charge is 0.492 e. The van der Waals surface area contributed by atoms with Gasteiger partial charge in [0, 0.05) is 24.8 Å². The van der Waals surface area contributed by atoms with Crippen LogP contribution in [0.2, 0.25) is 0 Å². The molecule has 0 radical (unpaired) electrons. The van der Waals surface area contributed by atoms with Crippen molar-refractivity contribution in [3.8, 4) is 17.5 Å². The molecule has 178 valence electrons. The van der Waals surface area contributed by atoms with E-state index in [2.05, 4.69) is 32.1 Å². The van der Waals surface area contributed by atoms with Gasteiger partial charge >= 0.3 is 6.03 Å². The highest BCUT2D eigenvalue weighted by Crippen LogP contribution is 2.27. The number of nitrogens with zero attached hydrogens (tertiary/aromatic N) is 4. The Morgan fingerprint density at radius 3 is 2.74 bits per heavy atom. The zero-order chi connectivity index (χ0) is 24.6. The Labute approximate surface area is 203 Å². The highest BCUT2D eigenvalue weighted by molar-refractivity contribution is 5.87. The predicted octanol–water partition coefficient (Wildman–Crippen LogP) is 4.10. The summed E-state index contributed by atoms with van der Waals surface area (Å²) >= 11 is 0. The van der Waals surface area contributed by atoms with Gasteiger partial charge in [0.15, 0.2) is 0 Å². The van der Waals surface area contributed by atoms with Crippen LogP contribution in [0.1, 0.15) is 24.4 Å². The van der Waals surface area contributed by atoms with E-state index < -0.39 is 12.1 Å². The lowest BCUT2D eigenvalue weighted by molar-refractivity contribution is 0.239. The van der Waals surface area contributed by atoms with Crippen molar-refractivity contribution in [3.05, 3.63) is 78.4 Å². The Bertz CT molecular complexity index is 1350. The molecular weight excluding hydrogens is 442 g/mol. The van der Waals surface area contributed by atoms with Crippen molar-refractivity contribution in [1.29, 1.82) is 5.26 Å². The smallest absolute Gasteiger partial charge is 0.316 e. The highest BCUT2D eigenvalue weighted by Gasteiger charge is 2.16. The van der Waals surface area contributed by atoms with E-state index in [9.17, 15) is 10.1 Å². The van der Waals surface area contributed by atoms with Crippen molar-refractivity contribution in [3.63, 3.8) is 0 Å². The quantitative estimate of drug-likeness (QED) is 0.318. The van der Waals surface area contributed by atoms with Crippen LogP contribution in [0.4, 0.5) is 10.5 Å². The first-order chi connectivity index (χ1) is 17.1. The highest BCUT2D eigenvalue weighted by atomic mass is 16.5. The van der Waals surface area contributed by atoms with Gasteiger partial charge in [0.05, 0.1) is 12.7 Å². The lowest BCUT2D eigenvalue weighted by Crippen LogP contribution is -2.39. The number of hydrogen-bond donors (Lipinski definition) is 3. The minimum atomic E-state index is -0.754. The summed E-state index contributed by atoms with van der Waals surface area (Å²) in [5.74, 6) is 1.36. The van der Waals surface area contributed by atoms with Gasteiger partial charge in [0.25, 0.3) is 0 Å². The number of hydrogen-bond acceptors (Lipinski definition) is 6. The van der Waals surface area contributed by atoms with E-state index in [-0.39, 0.29) is 0 Å². The van der Waals surface area contributed by atoms with Gasteiger partial charge in [0.2, 0.25) is 0 Å². The van der Waals surface area contributed by atoms with Gasteiger partial charge in [-0.1, -0.05) is 42.5 Å². The average molecular weight is 470 g/mol. The Hall–Kier alpha value is -4.58. The van der Waals surface area contributed by atoms with Gasteiger partial charge in [-0.05, 0) is 42.3 Å². The fraction of sp³-hybridized carbons (Fsp3) is 0.231. The molecule has 4 rings (SSSR count). The van der Waals surface area contributed by atoms with Crippen LogP contribution in [-0.4, -0.2) is 40.5 Å². The standard InChI is InChI=1S/C26H27N7O2/c1-3-35-25-15-20(11-12-24(25)33-17-30-18(2)32-33)28-13-14-29-26(34)31-23(16-27)22-10-6-8-19-7-4-5-9-21(19)22/h4-12,15,17,23,28H,3,13-14H2,1-2H3,(H2,29,31,34). The SMILES string of the molecule is CCOc1cc(NCCNC(=O)NC(C#N)c2cccc3ccccc23)ccc1-n1cnc(C)n1. The molecule has 4 aromatic rings. The summed E-state index contributed by atoms with van der Waals surface area (Å²) in [4.78, 5) is 16.6. The van der Waals surface area contributed by atoms with Gasteiger partial charge < -0.3 is 20.7 Å². The summed E-state index contributed by atoms with van der Waals surface area (Å²) in [6, 6.07) is 20.3. The Kier molecular flexibility index (Phi) is 7.43. The Morgan fingerprint density at radius 1 is 1.14 bits per heavy atom. The van der Waals surface area contributed by atoms with Crippen LogP contribution in [0.5, 0.6) is 5.75 Å². The van der Waals surface area contributed by atoms with Crippen molar-refractivity contribution in [2.45, 2.75) is 19.9 Å². The summed E-state index contributed by atoms with van der Waals surface area (Å²) in [7, 11) is 0. The number of aryl methyl sites for hydroxylation is 1. The van der Waals surface area contributed by atoms with Gasteiger partial charge in [-0.15, -0.1) is 0 Å². The maximum absolute atomic E-state index is 12.4. The molecule has 1 atom stereocenters. The molecule has 1 heterocycles. The molecule has 9 nitrogen and oxygen atoms in total. The van der Waals surface area contributed by atoms with Crippen LogP contribution in [0.15, 0.2) is 67.0 Å². The summed E-state index contributed by atoms with van der Waals surface area (Å²) < 4.78 is 7.45. The van der Waals surface area contributed by atoms with E-state index in [1.165, 1.54) is 0 Å². The van der Waals surface area contributed by atoms with Crippen molar-refractivity contribution < 1.29 is 9.53 Å². The van der Waals surface area contributed by atoms with Crippen LogP contribution in [0.25, 0.3) is 16.5 Å². The number of benzene rings is 3. The number of nitrogens with one attached hydrogen (secondary N) is 3. The van der Waals surface area contributed by atoms with Crippen LogP contribution in [0, 0.1) is 18.3 Å². The minimum Gasteiger partial charge on any atom is -0.492 e. The first-order valence-electron chi connectivity index (χ1n) is 11.4. The molecular formula is C26H27N7O2. The topological polar surface area (TPSA) is 117 Å². The lowest BCUT2D eigenvalue weighted by atomic mass is 9.99. The van der Waals surface area contributed by atoms with Gasteiger partial charge in [-0.25, -0.2) is 14.5 Å². The summed E-state index contributed by atoms with van der Waals surface area (Å²) in [6.07, 6.45) is 1.65. The number of fused-ring (bicyclic) bond motifs is 1. The van der Waals surface area contributed by atoms with E-state index >= 15 is 0 Å². The zero-order valence-corrected chi connectivity index (χ0v) is 19.7. The van der Waals surface area contributed by atoms with Crippen LogP contribution >= 0.6 is 0 Å². The number of amides is 2. The lowest BCUT2D eigenvalue weighted by Gasteiger charge is -2.16. The molecule has 0 spiro atoms. The first-order valence-corrected chi connectivity index (χ1v) is 11.4. The van der Waals surface area contributed by atoms with Crippen molar-refractivity contribution >= 4 is 22.5 Å². The summed E-state index contributed by atoms with van der Waals surface area (Å²) in [5, 5.41) is 24.8. The Balaban J connectivity index is 1.32. The number of urea groups is 1. The number of carbonyl (C=O) groups is 1. The van der Waals surface area contributed by atoms with Gasteiger partial charge in [-0.2, -0.15) is 10.4 Å². The predicted molar refractivity (Wildman–Crippen MR) is 135 cm³/mol. The number of carbonyl (C=O) groups excluding carboxylic acids is 1. The van der Waals surface area contributed by atoms with Crippen molar-refractivity contribution in [1.82, 2.24) is 25.4 Å². The van der Waals surface area contributed by atoms with Crippen LogP contribution < -0.4 is 20.7 Å². The number of nitriles is 1. The monoisotopic (exact) mass is 469 g/mol. The summed E-state index contributed by atoms with van der Waals surface area (Å²) in [6.45, 7) is 5.13. The normalized spacial score (nSPS) is 11.5. The molecule has 35 heavy (non-hydrogen) atoms. The third-order valence-electron chi connectivity index (χ3n) is 5.39. The molecule has 0 bridgehead atoms. The molecule has 1 unspecified atom stereocenters. The fourth-order valence-electron chi connectivity index (χ4n) is 3.79. The second-order valence-corrected chi connectivity index (χ2v) is 7.81. The van der Waals surface area contributed by atoms with E-state index in [1.807, 2.05) is 74.5 Å². The molecule has 0 saturated heterocycles. The van der Waals surface area contributed by atoms with Crippen molar-refractivity contribution in [2.75, 3.05) is 25.0 Å². The average Bonchev–Trinajstić information content (AvgIpc) is 3.31. The second kappa shape index (κ2) is 11.0. The molecule has 0 aliphatic carbocycles. The number of aromatic nitrogens is 3. The number of rotatable bonds is 9.